The smallest absolute Gasteiger partial charge is 0.383 e. The van der Waals surface area contributed by atoms with Gasteiger partial charge in [-0.1, -0.05) is 24.3 Å². The van der Waals surface area contributed by atoms with Crippen LogP contribution in [-0.4, -0.2) is 32.7 Å². The van der Waals surface area contributed by atoms with Crippen molar-refractivity contribution in [1.82, 2.24) is 14.5 Å². The minimum Gasteiger partial charge on any atom is -0.383 e. The fraction of sp³-hybridized carbons (Fsp3) is 0.240. The molecule has 0 aliphatic rings. The van der Waals surface area contributed by atoms with E-state index < -0.39 is 35.3 Å². The fourth-order valence-corrected chi connectivity index (χ4v) is 3.90. The Labute approximate surface area is 216 Å². The number of carbonyl (C=O) groups is 1. The number of benzene rings is 2. The minimum atomic E-state index is -6.48. The fourth-order valence-electron chi connectivity index (χ4n) is 3.90. The highest BCUT2D eigenvalue weighted by Gasteiger charge is 2.73. The molecule has 2 aromatic heterocycles. The highest BCUT2D eigenvalue weighted by molar-refractivity contribution is 6.02. The van der Waals surface area contributed by atoms with Crippen molar-refractivity contribution in [3.8, 4) is 11.1 Å². The largest absolute Gasteiger partial charge is 0.460 e. The van der Waals surface area contributed by atoms with E-state index in [1.54, 1.807) is 24.3 Å². The van der Waals surface area contributed by atoms with E-state index in [1.807, 2.05) is 24.6 Å². The van der Waals surface area contributed by atoms with Gasteiger partial charge in [0.2, 0.25) is 0 Å². The van der Waals surface area contributed by atoms with Gasteiger partial charge in [0.25, 0.3) is 0 Å². The summed E-state index contributed by atoms with van der Waals surface area (Å²) < 4.78 is 94.3. The first-order valence-corrected chi connectivity index (χ1v) is 11.4. The molecule has 39 heavy (non-hydrogen) atoms. The average Bonchev–Trinajstić information content (AvgIpc) is 3.25. The summed E-state index contributed by atoms with van der Waals surface area (Å²) in [5.74, 6) is -11.6. The summed E-state index contributed by atoms with van der Waals surface area (Å²) in [6.45, 7) is 3.96. The second-order valence-electron chi connectivity index (χ2n) is 8.89. The van der Waals surface area contributed by atoms with Gasteiger partial charge in [-0.15, -0.1) is 0 Å². The molecule has 7 nitrogen and oxygen atoms in total. The van der Waals surface area contributed by atoms with Gasteiger partial charge >= 0.3 is 24.1 Å². The summed E-state index contributed by atoms with van der Waals surface area (Å²) in [5.41, 5.74) is 6.45. The van der Waals surface area contributed by atoms with Gasteiger partial charge in [0.05, 0.1) is 5.39 Å². The number of aromatic nitrogens is 3. The third-order valence-electron chi connectivity index (χ3n) is 5.88. The number of amides is 2. The molecular formula is C25H21F7N6O. The van der Waals surface area contributed by atoms with Crippen LogP contribution in [0.5, 0.6) is 0 Å². The Kier molecular flexibility index (Phi) is 6.91. The number of nitrogen functional groups attached to an aromatic ring is 1. The lowest BCUT2D eigenvalue weighted by molar-refractivity contribution is -0.359. The van der Waals surface area contributed by atoms with Gasteiger partial charge in [-0.3, -0.25) is 0 Å². The van der Waals surface area contributed by atoms with Crippen LogP contribution in [0.3, 0.4) is 0 Å². The molecule has 0 atom stereocenters. The van der Waals surface area contributed by atoms with E-state index in [9.17, 15) is 35.5 Å². The van der Waals surface area contributed by atoms with Crippen LogP contribution in [0.1, 0.15) is 25.5 Å². The quantitative estimate of drug-likeness (QED) is 0.220. The lowest BCUT2D eigenvalue weighted by Crippen LogP contribution is -2.50. The molecule has 2 amide bonds. The van der Waals surface area contributed by atoms with E-state index in [1.165, 1.54) is 6.33 Å². The molecule has 4 N–H and O–H groups in total. The molecular weight excluding hydrogens is 533 g/mol. The SMILES string of the molecule is CC(C)n1cc(-c2ccc(NC(=O)Nc3cccc(C(F)(F)C(F)(F)C(F)(F)F)c3)cc2)c2c(N)ncnc21. The Morgan fingerprint density at radius 2 is 1.56 bits per heavy atom. The number of carbonyl (C=O) groups excluding carboxylic acids is 1. The molecule has 4 aromatic rings. The number of hydrogen-bond donors (Lipinski definition) is 3. The number of urea groups is 1. The van der Waals surface area contributed by atoms with Crippen LogP contribution in [0.15, 0.2) is 61.1 Å². The lowest BCUT2D eigenvalue weighted by atomic mass is 10.0. The summed E-state index contributed by atoms with van der Waals surface area (Å²) >= 11 is 0. The zero-order valence-electron chi connectivity index (χ0n) is 20.3. The molecule has 14 heteroatoms. The second kappa shape index (κ2) is 9.75. The van der Waals surface area contributed by atoms with Crippen molar-refractivity contribution in [2.45, 2.75) is 37.9 Å². The normalized spacial score (nSPS) is 12.7. The van der Waals surface area contributed by atoms with Crippen LogP contribution in [0.25, 0.3) is 22.2 Å². The van der Waals surface area contributed by atoms with Crippen LogP contribution >= 0.6 is 0 Å². The van der Waals surface area contributed by atoms with E-state index in [4.69, 9.17) is 5.73 Å². The Bertz CT molecular complexity index is 1510. The van der Waals surface area contributed by atoms with Crippen molar-refractivity contribution >= 4 is 34.3 Å². The number of hydrogen-bond acceptors (Lipinski definition) is 4. The molecule has 4 rings (SSSR count). The zero-order valence-corrected chi connectivity index (χ0v) is 20.3. The monoisotopic (exact) mass is 554 g/mol. The molecule has 0 unspecified atom stereocenters. The van der Waals surface area contributed by atoms with Gasteiger partial charge in [-0.2, -0.15) is 30.7 Å². The van der Waals surface area contributed by atoms with Gasteiger partial charge < -0.3 is 20.9 Å². The van der Waals surface area contributed by atoms with Gasteiger partial charge in [-0.05, 0) is 43.7 Å². The second-order valence-corrected chi connectivity index (χ2v) is 8.89. The van der Waals surface area contributed by atoms with Crippen molar-refractivity contribution in [3.05, 3.63) is 66.6 Å². The molecule has 0 bridgehead atoms. The van der Waals surface area contributed by atoms with Crippen molar-refractivity contribution in [1.29, 1.82) is 0 Å². The van der Waals surface area contributed by atoms with Gasteiger partial charge in [-0.25, -0.2) is 14.8 Å². The Morgan fingerprint density at radius 1 is 0.923 bits per heavy atom. The molecule has 2 aromatic carbocycles. The number of anilines is 3. The van der Waals surface area contributed by atoms with E-state index in [-0.39, 0.29) is 17.5 Å². The first-order valence-electron chi connectivity index (χ1n) is 11.4. The number of nitrogens with one attached hydrogen (secondary N) is 2. The van der Waals surface area contributed by atoms with Crippen molar-refractivity contribution < 1.29 is 35.5 Å². The highest BCUT2D eigenvalue weighted by Crippen LogP contribution is 2.52. The lowest BCUT2D eigenvalue weighted by Gasteiger charge is -2.28. The summed E-state index contributed by atoms with van der Waals surface area (Å²) in [7, 11) is 0. The van der Waals surface area contributed by atoms with Gasteiger partial charge in [0.15, 0.2) is 0 Å². The topological polar surface area (TPSA) is 97.9 Å². The number of alkyl halides is 7. The zero-order chi connectivity index (χ0) is 28.8. The van der Waals surface area contributed by atoms with E-state index in [2.05, 4.69) is 20.6 Å². The van der Waals surface area contributed by atoms with E-state index in [0.29, 0.717) is 23.2 Å². The molecule has 0 aliphatic heterocycles. The molecule has 0 radical (unpaired) electrons. The molecule has 2 heterocycles. The summed E-state index contributed by atoms with van der Waals surface area (Å²) in [5, 5.41) is 5.22. The molecule has 206 valence electrons. The van der Waals surface area contributed by atoms with Crippen molar-refractivity contribution in [3.63, 3.8) is 0 Å². The Balaban J connectivity index is 1.52. The third-order valence-corrected chi connectivity index (χ3v) is 5.88. The number of nitrogens with zero attached hydrogens (tertiary/aromatic N) is 3. The highest BCUT2D eigenvalue weighted by atomic mass is 19.4. The predicted molar refractivity (Wildman–Crippen MR) is 132 cm³/mol. The van der Waals surface area contributed by atoms with Crippen LogP contribution in [-0.2, 0) is 5.92 Å². The molecule has 0 saturated heterocycles. The maximum Gasteiger partial charge on any atom is 0.460 e. The van der Waals surface area contributed by atoms with E-state index >= 15 is 0 Å². The maximum atomic E-state index is 14.0. The first kappa shape index (κ1) is 27.7. The van der Waals surface area contributed by atoms with Crippen molar-refractivity contribution in [2.24, 2.45) is 0 Å². The van der Waals surface area contributed by atoms with Crippen LogP contribution < -0.4 is 16.4 Å². The average molecular weight is 554 g/mol. The van der Waals surface area contributed by atoms with Crippen LogP contribution in [0.4, 0.5) is 52.7 Å². The summed E-state index contributed by atoms with van der Waals surface area (Å²) in [6.07, 6.45) is -3.24. The van der Waals surface area contributed by atoms with E-state index in [0.717, 1.165) is 23.3 Å². The van der Waals surface area contributed by atoms with Gasteiger partial charge in [0, 0.05) is 34.7 Å². The molecule has 0 saturated carbocycles. The molecule has 0 fully saturated rings. The summed E-state index contributed by atoms with van der Waals surface area (Å²) in [4.78, 5) is 20.7. The minimum absolute atomic E-state index is 0.0818. The van der Waals surface area contributed by atoms with Crippen molar-refractivity contribution in [2.75, 3.05) is 16.4 Å². The third kappa shape index (κ3) is 5.05. The molecule has 0 spiro atoms. The first-order chi connectivity index (χ1) is 18.1. The van der Waals surface area contributed by atoms with Crippen LogP contribution in [0, 0.1) is 0 Å². The standard InChI is InChI=1S/C25H21F7N6O/c1-13(2)38-11-18(19-20(33)34-12-35-21(19)38)14-6-8-16(9-7-14)36-22(39)37-17-5-3-4-15(10-17)23(26,27)24(28,29)25(30,31)32/h3-13H,1-2H3,(H2,33,34,35)(H2,36,37,39). The number of nitrogens with two attached hydrogens (primary N) is 1. The number of halogens is 7. The Hall–Kier alpha value is -4.36. The maximum absolute atomic E-state index is 14.0. The molecule has 0 aliphatic carbocycles. The Morgan fingerprint density at radius 3 is 2.18 bits per heavy atom. The number of fused-ring (bicyclic) bond motifs is 1. The van der Waals surface area contributed by atoms with Gasteiger partial charge in [0.1, 0.15) is 17.8 Å². The van der Waals surface area contributed by atoms with Crippen LogP contribution in [0.2, 0.25) is 0 Å². The predicted octanol–water partition coefficient (Wildman–Crippen LogP) is 7.19. The summed E-state index contributed by atoms with van der Waals surface area (Å²) in [6, 6.07) is 8.23. The number of rotatable bonds is 6.